The number of carbonyl (C=O) groups is 3. The van der Waals surface area contributed by atoms with Crippen molar-refractivity contribution in [3.05, 3.63) is 0 Å². The van der Waals surface area contributed by atoms with Gasteiger partial charge in [0.15, 0.2) is 12.6 Å². The predicted octanol–water partition coefficient (Wildman–Crippen LogP) is -8.23. The van der Waals surface area contributed by atoms with Gasteiger partial charge in [-0.1, -0.05) is 6.92 Å². The molecule has 2 aliphatic heterocycles. The van der Waals surface area contributed by atoms with Crippen LogP contribution in [0.15, 0.2) is 0 Å². The highest BCUT2D eigenvalue weighted by atomic mass is 16.7. The molecule has 0 aromatic rings. The first-order valence-electron chi connectivity index (χ1n) is 28.1. The van der Waals surface area contributed by atoms with Crippen LogP contribution >= 0.6 is 0 Å². The number of rotatable bonds is 48. The topological polar surface area (TPSA) is 459 Å². The second-order valence-electron chi connectivity index (χ2n) is 20.1. The number of aliphatic hydroxyl groups excluding tert-OH is 12. The number of ether oxygens (including phenoxy) is 14. The highest BCUT2D eigenvalue weighted by molar-refractivity contribution is 5.76. The summed E-state index contributed by atoms with van der Waals surface area (Å²) in [6.07, 6.45) is -18.2. The van der Waals surface area contributed by atoms with Crippen LogP contribution in [-0.2, 0) is 80.7 Å². The van der Waals surface area contributed by atoms with E-state index < -0.39 is 110 Å². The van der Waals surface area contributed by atoms with Crippen LogP contribution < -0.4 is 16.0 Å². The van der Waals surface area contributed by atoms with Gasteiger partial charge in [0.1, 0.15) is 61.0 Å². The molecule has 0 radical (unpaired) electrons. The molecule has 0 spiro atoms. The summed E-state index contributed by atoms with van der Waals surface area (Å²) in [5.41, 5.74) is -0.748. The van der Waals surface area contributed by atoms with E-state index in [9.17, 15) is 75.7 Å². The molecule has 3 fully saturated rings. The van der Waals surface area contributed by atoms with Gasteiger partial charge in [-0.3, -0.25) is 14.4 Å². The molecule has 32 heteroatoms. The number of amides is 3. The summed E-state index contributed by atoms with van der Waals surface area (Å²) in [5.74, 6) is -1.44. The summed E-state index contributed by atoms with van der Waals surface area (Å²) in [7, 11) is 0. The van der Waals surface area contributed by atoms with E-state index in [4.69, 9.17) is 66.3 Å². The molecule has 0 aromatic carbocycles. The summed E-state index contributed by atoms with van der Waals surface area (Å²) in [4.78, 5) is 37.5. The third-order valence-corrected chi connectivity index (χ3v) is 13.2. The van der Waals surface area contributed by atoms with Gasteiger partial charge < -0.3 is 144 Å². The Kier molecular flexibility index (Phi) is 39.5. The molecule has 15 atom stereocenters. The molecule has 2 heterocycles. The zero-order valence-corrected chi connectivity index (χ0v) is 47.4. The first-order chi connectivity index (χ1) is 40.0. The van der Waals surface area contributed by atoms with Gasteiger partial charge in [-0.05, 0) is 6.42 Å². The van der Waals surface area contributed by atoms with E-state index in [1.807, 2.05) is 6.92 Å². The Morgan fingerprint density at radius 2 is 0.711 bits per heavy atom. The second-order valence-corrected chi connectivity index (χ2v) is 20.1. The van der Waals surface area contributed by atoms with E-state index in [1.54, 1.807) is 0 Å². The van der Waals surface area contributed by atoms with Crippen LogP contribution in [0.25, 0.3) is 0 Å². The van der Waals surface area contributed by atoms with Crippen LogP contribution in [0.3, 0.4) is 0 Å². The molecule has 488 valence electrons. The van der Waals surface area contributed by atoms with Crippen LogP contribution in [-0.4, -0.2) is 343 Å². The van der Waals surface area contributed by atoms with Gasteiger partial charge in [-0.2, -0.15) is 0 Å². The van der Waals surface area contributed by atoms with Crippen molar-refractivity contribution in [3.63, 3.8) is 0 Å². The Morgan fingerprint density at radius 1 is 0.386 bits per heavy atom. The van der Waals surface area contributed by atoms with E-state index in [0.717, 1.165) is 0 Å². The molecule has 2 saturated heterocycles. The summed E-state index contributed by atoms with van der Waals surface area (Å²) < 4.78 is 77.2. The third kappa shape index (κ3) is 29.8. The minimum atomic E-state index is -1.55. The fraction of sp³-hybridized carbons (Fsp3) is 0.941. The van der Waals surface area contributed by atoms with Gasteiger partial charge in [0.25, 0.3) is 0 Å². The lowest BCUT2D eigenvalue weighted by atomic mass is 9.81. The Balaban J connectivity index is 1.26. The lowest BCUT2D eigenvalue weighted by Crippen LogP contribution is -2.59. The van der Waals surface area contributed by atoms with Crippen molar-refractivity contribution in [1.82, 2.24) is 16.0 Å². The Labute approximate surface area is 482 Å². The van der Waals surface area contributed by atoms with Crippen molar-refractivity contribution in [3.8, 4) is 0 Å². The molecule has 0 bridgehead atoms. The summed E-state index contributed by atoms with van der Waals surface area (Å²) >= 11 is 0. The van der Waals surface area contributed by atoms with E-state index in [-0.39, 0.29) is 208 Å². The van der Waals surface area contributed by atoms with Crippen molar-refractivity contribution in [2.75, 3.05) is 178 Å². The number of nitrogens with one attached hydrogen (secondary N) is 3. The lowest BCUT2D eigenvalue weighted by molar-refractivity contribution is -0.302. The maximum Gasteiger partial charge on any atom is 0.222 e. The standard InChI is InChI=1S/C51H95N3O29/c1-51(30-76-8-2-37(58)52-5-11-70-14-17-73-20-23-79-34-26-33(27-55)40(61)44(65)41(34)62,31-77-9-3-38(59)53-6-12-71-15-18-74-21-24-80-49-47(68)45(66)42(63)35(28-56)82-49)32-78-10-4-39(60)54-7-13-72-16-19-75-22-25-81-50-48(69)46(67)43(64)36(29-57)83-50/h33-36,40-50,55-57,61-69H,2-32H2,1H3,(H,52,58)(H,53,59)(H,54,60)/t33?,34-,35?,36?,40+,41-,42+,43+,44?,45?,46?,47+,48+,49-,50-,51?/m0/s1. The molecular formula is C51H95N3O29. The predicted molar refractivity (Wildman–Crippen MR) is 281 cm³/mol. The summed E-state index contributed by atoms with van der Waals surface area (Å²) in [6.45, 7) is 3.98. The van der Waals surface area contributed by atoms with Gasteiger partial charge in [0.05, 0.1) is 164 Å². The fourth-order valence-corrected chi connectivity index (χ4v) is 8.34. The van der Waals surface area contributed by atoms with Crippen LogP contribution in [0, 0.1) is 11.3 Å². The van der Waals surface area contributed by atoms with Crippen LogP contribution in [0.5, 0.6) is 0 Å². The molecule has 3 aliphatic rings. The van der Waals surface area contributed by atoms with Gasteiger partial charge in [0, 0.05) is 56.8 Å². The van der Waals surface area contributed by atoms with Crippen molar-refractivity contribution in [1.29, 1.82) is 0 Å². The van der Waals surface area contributed by atoms with E-state index >= 15 is 0 Å². The van der Waals surface area contributed by atoms with Crippen LogP contribution in [0.2, 0.25) is 0 Å². The smallest absolute Gasteiger partial charge is 0.222 e. The number of aliphatic hydroxyl groups is 12. The summed E-state index contributed by atoms with van der Waals surface area (Å²) in [5, 5.41) is 126. The molecule has 15 N–H and O–H groups in total. The van der Waals surface area contributed by atoms with Gasteiger partial charge >= 0.3 is 0 Å². The Morgan fingerprint density at radius 3 is 1.06 bits per heavy atom. The maximum atomic E-state index is 12.5. The monoisotopic (exact) mass is 1210 g/mol. The molecule has 3 amide bonds. The van der Waals surface area contributed by atoms with Gasteiger partial charge in [-0.15, -0.1) is 0 Å². The number of carbonyl (C=O) groups excluding carboxylic acids is 3. The highest BCUT2D eigenvalue weighted by Gasteiger charge is 2.46. The van der Waals surface area contributed by atoms with E-state index in [1.165, 1.54) is 0 Å². The van der Waals surface area contributed by atoms with Gasteiger partial charge in [0.2, 0.25) is 17.7 Å². The number of hydrogen-bond acceptors (Lipinski definition) is 29. The van der Waals surface area contributed by atoms with Crippen molar-refractivity contribution in [2.45, 2.75) is 118 Å². The molecule has 83 heavy (non-hydrogen) atoms. The van der Waals surface area contributed by atoms with Gasteiger partial charge in [-0.25, -0.2) is 0 Å². The highest BCUT2D eigenvalue weighted by Crippen LogP contribution is 2.28. The number of hydrogen-bond donors (Lipinski definition) is 15. The zero-order chi connectivity index (χ0) is 60.8. The molecule has 3 rings (SSSR count). The minimum absolute atomic E-state index is 0.00885. The molecule has 1 aliphatic carbocycles. The van der Waals surface area contributed by atoms with E-state index in [0.29, 0.717) is 0 Å². The average molecular weight is 1210 g/mol. The van der Waals surface area contributed by atoms with Crippen LogP contribution in [0.4, 0.5) is 0 Å². The minimum Gasteiger partial charge on any atom is -0.396 e. The molecule has 1 saturated carbocycles. The summed E-state index contributed by atoms with van der Waals surface area (Å²) in [6, 6.07) is 0. The molecule has 0 aromatic heterocycles. The first-order valence-corrected chi connectivity index (χ1v) is 28.1. The SMILES string of the molecule is CC(COCCC(=O)NCCOCCOCCO[C@H]1OC(CO)[C@@H](O)C(O)[C@H]1O)(COCCC(=O)NCCOCCOCCO[C@H]1OC(CO)[C@@H](O)C(O)[C@H]1O)COCCC(=O)NCCOCCOCCO[C@H]1CC(CO)[C@@H](O)C(O)[C@H]1O. The lowest BCUT2D eigenvalue weighted by Gasteiger charge is -2.39. The Bertz CT molecular complexity index is 1500. The van der Waals surface area contributed by atoms with E-state index in [2.05, 4.69) is 16.0 Å². The maximum absolute atomic E-state index is 12.5. The normalized spacial score (nSPS) is 29.1. The zero-order valence-electron chi connectivity index (χ0n) is 47.4. The Hall–Kier alpha value is -2.63. The molecular weight excluding hydrogens is 1120 g/mol. The average Bonchev–Trinajstić information content (AvgIpc) is 3.66. The second kappa shape index (κ2) is 43.9. The largest absolute Gasteiger partial charge is 0.396 e. The van der Waals surface area contributed by atoms with Crippen molar-refractivity contribution in [2.24, 2.45) is 11.3 Å². The molecule has 6 unspecified atom stereocenters. The van der Waals surface area contributed by atoms with Crippen molar-refractivity contribution >= 4 is 17.7 Å². The third-order valence-electron chi connectivity index (χ3n) is 13.2. The molecule has 32 nitrogen and oxygen atoms in total. The fourth-order valence-electron chi connectivity index (χ4n) is 8.34. The quantitative estimate of drug-likeness (QED) is 0.0252. The first kappa shape index (κ1) is 74.6. The van der Waals surface area contributed by atoms with Crippen LogP contribution in [0.1, 0.15) is 32.6 Å². The van der Waals surface area contributed by atoms with Crippen molar-refractivity contribution < 1.29 is 142 Å².